The number of rotatable bonds is 2. The summed E-state index contributed by atoms with van der Waals surface area (Å²) in [6.45, 7) is 4.49. The van der Waals surface area contributed by atoms with E-state index in [1.54, 1.807) is 24.4 Å². The van der Waals surface area contributed by atoms with Crippen molar-refractivity contribution in [2.24, 2.45) is 0 Å². The van der Waals surface area contributed by atoms with Crippen LogP contribution in [0.2, 0.25) is 5.02 Å². The van der Waals surface area contributed by atoms with Crippen LogP contribution in [0.4, 0.5) is 4.39 Å². The van der Waals surface area contributed by atoms with Gasteiger partial charge in [-0.1, -0.05) is 28.9 Å². The van der Waals surface area contributed by atoms with E-state index in [0.29, 0.717) is 5.56 Å². The lowest BCUT2D eigenvalue weighted by Gasteiger charge is -2.28. The van der Waals surface area contributed by atoms with Gasteiger partial charge in [-0.15, -0.1) is 5.10 Å². The summed E-state index contributed by atoms with van der Waals surface area (Å²) >= 11 is 5.88. The highest BCUT2D eigenvalue weighted by molar-refractivity contribution is 6.30. The lowest BCUT2D eigenvalue weighted by molar-refractivity contribution is 0.201. The normalized spacial score (nSPS) is 17.6. The van der Waals surface area contributed by atoms with E-state index in [9.17, 15) is 4.39 Å². The van der Waals surface area contributed by atoms with E-state index >= 15 is 0 Å². The molecule has 0 aliphatic carbocycles. The molecule has 1 aliphatic rings. The Kier molecular flexibility index (Phi) is 3.72. The third-order valence-electron chi connectivity index (χ3n) is 3.86. The molecule has 3 rings (SSSR count). The molecule has 20 heavy (non-hydrogen) atoms. The average Bonchev–Trinajstić information content (AvgIpc) is 2.78. The van der Waals surface area contributed by atoms with Crippen LogP contribution in [0.1, 0.15) is 30.6 Å². The fraction of sp³-hybridized carbons (Fsp3) is 0.429. The van der Waals surface area contributed by atoms with Gasteiger partial charge in [-0.05, 0) is 19.4 Å². The average molecular weight is 295 g/mol. The van der Waals surface area contributed by atoms with Crippen LogP contribution < -0.4 is 0 Å². The summed E-state index contributed by atoms with van der Waals surface area (Å²) in [6, 6.07) is 5.14. The summed E-state index contributed by atoms with van der Waals surface area (Å²) < 4.78 is 16.1. The molecule has 1 aromatic heterocycles. The molecule has 0 spiro atoms. The molecule has 0 radical (unpaired) electrons. The first-order valence-electron chi connectivity index (χ1n) is 6.72. The van der Waals surface area contributed by atoms with Gasteiger partial charge in [0.05, 0.1) is 16.9 Å². The predicted molar refractivity (Wildman–Crippen MR) is 74.9 cm³/mol. The Hall–Kier alpha value is -1.46. The topological polar surface area (TPSA) is 34.0 Å². The quantitative estimate of drug-likeness (QED) is 0.854. The highest BCUT2D eigenvalue weighted by atomic mass is 35.5. The first kappa shape index (κ1) is 13.5. The maximum atomic E-state index is 14.2. The minimum atomic E-state index is -0.322. The molecule has 0 amide bonds. The Labute approximate surface area is 122 Å². The first-order chi connectivity index (χ1) is 9.66. The summed E-state index contributed by atoms with van der Waals surface area (Å²) in [5, 5.41) is 8.17. The fourth-order valence-corrected chi connectivity index (χ4v) is 2.85. The van der Waals surface area contributed by atoms with Gasteiger partial charge < -0.3 is 0 Å². The van der Waals surface area contributed by atoms with Crippen LogP contribution in [0.15, 0.2) is 24.4 Å². The van der Waals surface area contributed by atoms with Gasteiger partial charge in [-0.2, -0.15) is 0 Å². The van der Waals surface area contributed by atoms with Crippen molar-refractivity contribution in [3.05, 3.63) is 46.5 Å². The van der Waals surface area contributed by atoms with Crippen LogP contribution in [-0.2, 0) is 13.1 Å². The van der Waals surface area contributed by atoms with Crippen LogP contribution in [0.3, 0.4) is 0 Å². The van der Waals surface area contributed by atoms with E-state index < -0.39 is 0 Å². The Balaban J connectivity index is 1.87. The molecule has 106 valence electrons. The number of halogens is 2. The maximum absolute atomic E-state index is 14.2. The second-order valence-electron chi connectivity index (χ2n) is 5.09. The van der Waals surface area contributed by atoms with E-state index in [1.807, 2.05) is 11.6 Å². The Morgan fingerprint density at radius 3 is 3.05 bits per heavy atom. The molecule has 0 saturated heterocycles. The lowest BCUT2D eigenvalue weighted by Crippen LogP contribution is -2.27. The van der Waals surface area contributed by atoms with Gasteiger partial charge in [-0.3, -0.25) is 4.90 Å². The van der Waals surface area contributed by atoms with Crippen molar-refractivity contribution in [2.75, 3.05) is 6.54 Å². The van der Waals surface area contributed by atoms with Crippen molar-refractivity contribution in [1.29, 1.82) is 0 Å². The van der Waals surface area contributed by atoms with Gasteiger partial charge in [0, 0.05) is 31.2 Å². The number of aryl methyl sites for hydroxylation is 1. The molecule has 6 heteroatoms. The number of benzene rings is 1. The molecule has 4 nitrogen and oxygen atoms in total. The minimum absolute atomic E-state index is 0.0323. The number of hydrogen-bond donors (Lipinski definition) is 0. The Bertz CT molecular complexity index is 613. The lowest BCUT2D eigenvalue weighted by atomic mass is 10.1. The van der Waals surface area contributed by atoms with E-state index in [2.05, 4.69) is 15.2 Å². The van der Waals surface area contributed by atoms with Crippen LogP contribution in [0.5, 0.6) is 0 Å². The zero-order valence-electron chi connectivity index (χ0n) is 11.3. The van der Waals surface area contributed by atoms with Crippen molar-refractivity contribution >= 4 is 11.6 Å². The molecule has 1 aliphatic heterocycles. The van der Waals surface area contributed by atoms with Crippen LogP contribution >= 0.6 is 11.6 Å². The second kappa shape index (κ2) is 5.50. The van der Waals surface area contributed by atoms with Gasteiger partial charge >= 0.3 is 0 Å². The third kappa shape index (κ3) is 2.43. The molecule has 2 aromatic rings. The van der Waals surface area contributed by atoms with Gasteiger partial charge in [0.25, 0.3) is 0 Å². The SMILES string of the molecule is C[C@@H](c1cccc(Cl)c1F)N1CCCn2nncc2C1. The predicted octanol–water partition coefficient (Wildman–Crippen LogP) is 3.04. The monoisotopic (exact) mass is 294 g/mol. The van der Waals surface area contributed by atoms with E-state index in [-0.39, 0.29) is 16.9 Å². The summed E-state index contributed by atoms with van der Waals surface area (Å²) in [5.41, 5.74) is 1.70. The number of nitrogens with zero attached hydrogens (tertiary/aromatic N) is 4. The van der Waals surface area contributed by atoms with Gasteiger partial charge in [0.1, 0.15) is 5.82 Å². The number of aromatic nitrogens is 3. The molecule has 0 bridgehead atoms. The standard InChI is InChI=1S/C14H16ClFN4/c1-10(12-4-2-5-13(15)14(12)16)19-6-3-7-20-11(9-19)8-17-18-20/h2,4-5,8,10H,3,6-7,9H2,1H3/t10-/m0/s1. The van der Waals surface area contributed by atoms with Gasteiger partial charge in [0.15, 0.2) is 0 Å². The number of fused-ring (bicyclic) bond motifs is 1. The molecule has 0 fully saturated rings. The second-order valence-corrected chi connectivity index (χ2v) is 5.50. The molecular weight excluding hydrogens is 279 g/mol. The number of hydrogen-bond acceptors (Lipinski definition) is 3. The van der Waals surface area contributed by atoms with Crippen molar-refractivity contribution in [3.63, 3.8) is 0 Å². The Morgan fingerprint density at radius 1 is 1.35 bits per heavy atom. The summed E-state index contributed by atoms with van der Waals surface area (Å²) in [5.74, 6) is -0.322. The maximum Gasteiger partial charge on any atom is 0.146 e. The third-order valence-corrected chi connectivity index (χ3v) is 4.15. The molecule has 0 saturated carbocycles. The highest BCUT2D eigenvalue weighted by Gasteiger charge is 2.23. The summed E-state index contributed by atoms with van der Waals surface area (Å²) in [4.78, 5) is 2.23. The van der Waals surface area contributed by atoms with Crippen molar-refractivity contribution in [1.82, 2.24) is 19.9 Å². The van der Waals surface area contributed by atoms with E-state index in [1.165, 1.54) is 0 Å². The van der Waals surface area contributed by atoms with Crippen molar-refractivity contribution < 1.29 is 4.39 Å². The fourth-order valence-electron chi connectivity index (χ4n) is 2.67. The first-order valence-corrected chi connectivity index (χ1v) is 7.10. The van der Waals surface area contributed by atoms with Crippen molar-refractivity contribution in [2.45, 2.75) is 32.5 Å². The summed E-state index contributed by atoms with van der Waals surface area (Å²) in [7, 11) is 0. The molecule has 2 heterocycles. The van der Waals surface area contributed by atoms with E-state index in [0.717, 1.165) is 31.7 Å². The zero-order chi connectivity index (χ0) is 14.1. The van der Waals surface area contributed by atoms with Gasteiger partial charge in [-0.25, -0.2) is 9.07 Å². The van der Waals surface area contributed by atoms with E-state index in [4.69, 9.17) is 11.6 Å². The van der Waals surface area contributed by atoms with Crippen LogP contribution in [0.25, 0.3) is 0 Å². The zero-order valence-corrected chi connectivity index (χ0v) is 12.0. The molecule has 0 unspecified atom stereocenters. The van der Waals surface area contributed by atoms with Crippen LogP contribution in [-0.4, -0.2) is 26.4 Å². The van der Waals surface area contributed by atoms with Crippen molar-refractivity contribution in [3.8, 4) is 0 Å². The molecular formula is C14H16ClFN4. The molecule has 1 atom stereocenters. The van der Waals surface area contributed by atoms with Crippen LogP contribution in [0, 0.1) is 5.82 Å². The highest BCUT2D eigenvalue weighted by Crippen LogP contribution is 2.29. The molecule has 1 aromatic carbocycles. The van der Waals surface area contributed by atoms with Gasteiger partial charge in [0.2, 0.25) is 0 Å². The smallest absolute Gasteiger partial charge is 0.146 e. The minimum Gasteiger partial charge on any atom is -0.291 e. The Morgan fingerprint density at radius 2 is 2.20 bits per heavy atom. The summed E-state index contributed by atoms with van der Waals surface area (Å²) in [6.07, 6.45) is 2.75. The largest absolute Gasteiger partial charge is 0.291 e. The molecule has 0 N–H and O–H groups in total.